The highest BCUT2D eigenvalue weighted by Gasteiger charge is 2.07. The fraction of sp³-hybridized carbons (Fsp3) is 0.375. The van der Waals surface area contributed by atoms with Crippen molar-refractivity contribution in [2.75, 3.05) is 0 Å². The third kappa shape index (κ3) is 3.77. The molecule has 0 aromatic heterocycles. The Kier molecular flexibility index (Phi) is 5.55. The molecule has 1 nitrogen and oxygen atoms in total. The molecule has 1 rings (SSSR count). The third-order valence-electron chi connectivity index (χ3n) is 2.93. The summed E-state index contributed by atoms with van der Waals surface area (Å²) in [6, 6.07) is 4.00. The molecule has 0 fully saturated rings. The highest BCUT2D eigenvalue weighted by molar-refractivity contribution is 5.43. The molecule has 1 aromatic carbocycles. The van der Waals surface area contributed by atoms with Gasteiger partial charge in [0.15, 0.2) is 0 Å². The number of hydrogen-bond acceptors (Lipinski definition) is 1. The Morgan fingerprint density at radius 3 is 2.29 bits per heavy atom. The molecule has 0 saturated heterocycles. The molecule has 1 heteroatoms. The van der Waals surface area contributed by atoms with Crippen LogP contribution in [-0.2, 0) is 19.3 Å². The SMILES string of the molecule is C=CCc1cc(CCCC)c(CC=C)cc1O. The van der Waals surface area contributed by atoms with E-state index in [-0.39, 0.29) is 0 Å². The lowest BCUT2D eigenvalue weighted by Crippen LogP contribution is -1.96. The topological polar surface area (TPSA) is 20.2 Å². The molecule has 0 amide bonds. The molecule has 0 spiro atoms. The van der Waals surface area contributed by atoms with Crippen molar-refractivity contribution >= 4 is 0 Å². The molecular formula is C16H22O. The van der Waals surface area contributed by atoms with Crippen molar-refractivity contribution in [2.24, 2.45) is 0 Å². The maximum atomic E-state index is 9.92. The standard InChI is InChI=1S/C16H22O/c1-4-7-10-14-11-15(9-6-3)16(17)12-13(14)8-5-2/h5-6,11-12,17H,2-4,7-10H2,1H3. The Bertz CT molecular complexity index is 391. The summed E-state index contributed by atoms with van der Waals surface area (Å²) in [7, 11) is 0. The van der Waals surface area contributed by atoms with Gasteiger partial charge in [-0.1, -0.05) is 31.6 Å². The quantitative estimate of drug-likeness (QED) is 0.696. The molecule has 92 valence electrons. The number of rotatable bonds is 7. The van der Waals surface area contributed by atoms with Crippen LogP contribution in [0, 0.1) is 0 Å². The summed E-state index contributed by atoms with van der Waals surface area (Å²) >= 11 is 0. The van der Waals surface area contributed by atoms with Crippen LogP contribution in [0.4, 0.5) is 0 Å². The number of allylic oxidation sites excluding steroid dienone is 2. The molecule has 0 aliphatic heterocycles. The monoisotopic (exact) mass is 230 g/mol. The number of benzene rings is 1. The summed E-state index contributed by atoms with van der Waals surface area (Å²) in [6.45, 7) is 9.68. The van der Waals surface area contributed by atoms with E-state index in [2.05, 4.69) is 26.1 Å². The van der Waals surface area contributed by atoms with Gasteiger partial charge in [0.05, 0.1) is 0 Å². The first-order chi connectivity index (χ1) is 8.22. The van der Waals surface area contributed by atoms with Gasteiger partial charge in [0, 0.05) is 0 Å². The molecular weight excluding hydrogens is 208 g/mol. The van der Waals surface area contributed by atoms with Crippen LogP contribution in [0.3, 0.4) is 0 Å². The zero-order valence-corrected chi connectivity index (χ0v) is 10.7. The minimum Gasteiger partial charge on any atom is -0.508 e. The van der Waals surface area contributed by atoms with Gasteiger partial charge in [0.2, 0.25) is 0 Å². The maximum absolute atomic E-state index is 9.92. The first-order valence-corrected chi connectivity index (χ1v) is 6.28. The molecule has 0 atom stereocenters. The highest BCUT2D eigenvalue weighted by Crippen LogP contribution is 2.25. The fourth-order valence-corrected chi connectivity index (χ4v) is 1.99. The lowest BCUT2D eigenvalue weighted by atomic mass is 9.95. The van der Waals surface area contributed by atoms with E-state index in [1.54, 1.807) is 0 Å². The zero-order valence-electron chi connectivity index (χ0n) is 10.7. The number of unbranched alkanes of at least 4 members (excludes halogenated alkanes) is 1. The predicted octanol–water partition coefficient (Wildman–Crippen LogP) is 4.19. The Morgan fingerprint density at radius 1 is 1.06 bits per heavy atom. The van der Waals surface area contributed by atoms with E-state index in [9.17, 15) is 5.11 Å². The van der Waals surface area contributed by atoms with Gasteiger partial charge in [-0.15, -0.1) is 13.2 Å². The van der Waals surface area contributed by atoms with Crippen LogP contribution < -0.4 is 0 Å². The molecule has 0 heterocycles. The van der Waals surface area contributed by atoms with E-state index in [0.717, 1.165) is 24.8 Å². The molecule has 0 aliphatic carbocycles. The summed E-state index contributed by atoms with van der Waals surface area (Å²) in [5, 5.41) is 9.92. The number of phenols is 1. The minimum atomic E-state index is 0.377. The van der Waals surface area contributed by atoms with Gasteiger partial charge in [-0.3, -0.25) is 0 Å². The van der Waals surface area contributed by atoms with Crippen LogP contribution >= 0.6 is 0 Å². The van der Waals surface area contributed by atoms with Gasteiger partial charge in [0.25, 0.3) is 0 Å². The van der Waals surface area contributed by atoms with Crippen molar-refractivity contribution in [2.45, 2.75) is 39.0 Å². The summed E-state index contributed by atoms with van der Waals surface area (Å²) in [5.41, 5.74) is 3.50. The van der Waals surface area contributed by atoms with E-state index in [4.69, 9.17) is 0 Å². The molecule has 0 aliphatic rings. The first kappa shape index (κ1) is 13.6. The average molecular weight is 230 g/mol. The predicted molar refractivity (Wildman–Crippen MR) is 74.5 cm³/mol. The second-order valence-electron chi connectivity index (χ2n) is 4.34. The molecule has 0 bridgehead atoms. The van der Waals surface area contributed by atoms with Crippen molar-refractivity contribution in [1.82, 2.24) is 0 Å². The Hall–Kier alpha value is -1.50. The summed E-state index contributed by atoms with van der Waals surface area (Å²) in [4.78, 5) is 0. The lowest BCUT2D eigenvalue weighted by molar-refractivity contribution is 0.468. The van der Waals surface area contributed by atoms with Crippen LogP contribution in [0.2, 0.25) is 0 Å². The van der Waals surface area contributed by atoms with E-state index < -0.39 is 0 Å². The van der Waals surface area contributed by atoms with Crippen molar-refractivity contribution in [1.29, 1.82) is 0 Å². The highest BCUT2D eigenvalue weighted by atomic mass is 16.3. The van der Waals surface area contributed by atoms with Gasteiger partial charge in [-0.05, 0) is 48.4 Å². The maximum Gasteiger partial charge on any atom is 0.119 e. The zero-order chi connectivity index (χ0) is 12.7. The van der Waals surface area contributed by atoms with Crippen molar-refractivity contribution in [3.8, 4) is 5.75 Å². The smallest absolute Gasteiger partial charge is 0.119 e. The van der Waals surface area contributed by atoms with Crippen molar-refractivity contribution in [3.63, 3.8) is 0 Å². The van der Waals surface area contributed by atoms with Crippen LogP contribution in [0.1, 0.15) is 36.5 Å². The van der Waals surface area contributed by atoms with E-state index in [1.807, 2.05) is 18.2 Å². The van der Waals surface area contributed by atoms with Gasteiger partial charge in [-0.25, -0.2) is 0 Å². The van der Waals surface area contributed by atoms with Crippen LogP contribution in [0.5, 0.6) is 5.75 Å². The molecule has 0 radical (unpaired) electrons. The van der Waals surface area contributed by atoms with Crippen LogP contribution in [0.25, 0.3) is 0 Å². The first-order valence-electron chi connectivity index (χ1n) is 6.28. The van der Waals surface area contributed by atoms with Gasteiger partial charge < -0.3 is 5.11 Å². The number of aromatic hydroxyl groups is 1. The Labute approximate surface area is 104 Å². The molecule has 0 saturated carbocycles. The van der Waals surface area contributed by atoms with E-state index in [1.165, 1.54) is 24.0 Å². The van der Waals surface area contributed by atoms with Crippen LogP contribution in [0.15, 0.2) is 37.4 Å². The van der Waals surface area contributed by atoms with Crippen molar-refractivity contribution in [3.05, 3.63) is 54.1 Å². The van der Waals surface area contributed by atoms with Crippen LogP contribution in [-0.4, -0.2) is 5.11 Å². The molecule has 1 aromatic rings. The summed E-state index contributed by atoms with van der Waals surface area (Å²) < 4.78 is 0. The van der Waals surface area contributed by atoms with E-state index in [0.29, 0.717) is 5.75 Å². The minimum absolute atomic E-state index is 0.377. The van der Waals surface area contributed by atoms with Gasteiger partial charge in [-0.2, -0.15) is 0 Å². The number of aryl methyl sites for hydroxylation is 1. The summed E-state index contributed by atoms with van der Waals surface area (Å²) in [6.07, 6.45) is 8.70. The molecule has 1 N–H and O–H groups in total. The largest absolute Gasteiger partial charge is 0.508 e. The number of phenolic OH excluding ortho intramolecular Hbond substituents is 1. The van der Waals surface area contributed by atoms with Gasteiger partial charge in [0.1, 0.15) is 5.75 Å². The lowest BCUT2D eigenvalue weighted by Gasteiger charge is -2.12. The van der Waals surface area contributed by atoms with Crippen molar-refractivity contribution < 1.29 is 5.11 Å². The average Bonchev–Trinajstić information content (AvgIpc) is 2.31. The van der Waals surface area contributed by atoms with Gasteiger partial charge >= 0.3 is 0 Å². The summed E-state index contributed by atoms with van der Waals surface area (Å²) in [5.74, 6) is 0.377. The second kappa shape index (κ2) is 6.95. The molecule has 0 unspecified atom stereocenters. The molecule has 17 heavy (non-hydrogen) atoms. The fourth-order valence-electron chi connectivity index (χ4n) is 1.99. The number of hydrogen-bond donors (Lipinski definition) is 1. The normalized spacial score (nSPS) is 10.2. The Morgan fingerprint density at radius 2 is 1.71 bits per heavy atom. The second-order valence-corrected chi connectivity index (χ2v) is 4.34. The van der Waals surface area contributed by atoms with E-state index >= 15 is 0 Å². The third-order valence-corrected chi connectivity index (χ3v) is 2.93. The Balaban J connectivity index is 3.06.